The van der Waals surface area contributed by atoms with Crippen molar-refractivity contribution in [2.24, 2.45) is 0 Å². The third-order valence-electron chi connectivity index (χ3n) is 1.26. The van der Waals surface area contributed by atoms with Crippen LogP contribution in [0.4, 0.5) is 0 Å². The fourth-order valence-corrected chi connectivity index (χ4v) is 0.765. The van der Waals surface area contributed by atoms with Crippen molar-refractivity contribution in [3.8, 4) is 12.3 Å². The van der Waals surface area contributed by atoms with E-state index in [9.17, 15) is 0 Å². The molecule has 1 fully saturated rings. The Morgan fingerprint density at radius 1 is 1.27 bits per heavy atom. The van der Waals surface area contributed by atoms with Gasteiger partial charge in [-0.3, -0.25) is 0 Å². The van der Waals surface area contributed by atoms with Crippen molar-refractivity contribution in [2.75, 3.05) is 26.2 Å². The van der Waals surface area contributed by atoms with E-state index in [1.807, 2.05) is 0 Å². The average Bonchev–Trinajstić information content (AvgIpc) is 2.08. The maximum atomic E-state index is 8.34. The third-order valence-corrected chi connectivity index (χ3v) is 1.26. The molecule has 1 aliphatic heterocycles. The summed E-state index contributed by atoms with van der Waals surface area (Å²) in [5.74, 6) is 0. The van der Waals surface area contributed by atoms with Crippen LogP contribution in [0.3, 0.4) is 0 Å². The van der Waals surface area contributed by atoms with Crippen molar-refractivity contribution in [3.63, 3.8) is 0 Å². The number of nitriles is 2. The quantitative estimate of drug-likeness (QED) is 0.492. The van der Waals surface area contributed by atoms with Crippen LogP contribution in [0.1, 0.15) is 6.92 Å². The summed E-state index contributed by atoms with van der Waals surface area (Å²) in [5, 5.41) is 18.8. The van der Waals surface area contributed by atoms with Gasteiger partial charge >= 0.3 is 0 Å². The minimum atomic E-state index is 0.872. The number of rotatable bonds is 0. The summed E-state index contributed by atoms with van der Waals surface area (Å²) >= 11 is 0. The summed E-state index contributed by atoms with van der Waals surface area (Å²) in [7, 11) is 0. The molecule has 0 aromatic rings. The molecule has 11 heavy (non-hydrogen) atoms. The zero-order valence-electron chi connectivity index (χ0n) is 6.67. The van der Waals surface area contributed by atoms with Crippen LogP contribution in [0.5, 0.6) is 0 Å². The summed E-state index contributed by atoms with van der Waals surface area (Å²) in [5.41, 5.74) is 0. The van der Waals surface area contributed by atoms with E-state index >= 15 is 0 Å². The predicted molar refractivity (Wildman–Crippen MR) is 41.3 cm³/mol. The van der Waals surface area contributed by atoms with Crippen LogP contribution in [-0.4, -0.2) is 31.1 Å². The largest absolute Gasteiger partial charge is 0.313 e. The van der Waals surface area contributed by atoms with Gasteiger partial charge in [-0.25, -0.2) is 0 Å². The van der Waals surface area contributed by atoms with E-state index in [1.165, 1.54) is 6.92 Å². The van der Waals surface area contributed by atoms with Gasteiger partial charge in [0, 0.05) is 33.1 Å². The molecule has 0 aromatic carbocycles. The first-order valence-electron chi connectivity index (χ1n) is 3.51. The van der Waals surface area contributed by atoms with Crippen molar-refractivity contribution < 1.29 is 0 Å². The van der Waals surface area contributed by atoms with Crippen LogP contribution in [-0.2, 0) is 0 Å². The van der Waals surface area contributed by atoms with Gasteiger partial charge in [0.1, 0.15) is 0 Å². The first kappa shape index (κ1) is 9.74. The molecule has 0 amide bonds. The van der Waals surface area contributed by atoms with E-state index in [0.717, 1.165) is 26.2 Å². The van der Waals surface area contributed by atoms with Crippen LogP contribution < -0.4 is 5.32 Å². The number of nitrogens with zero attached hydrogens (tertiary/aromatic N) is 3. The maximum Gasteiger partial charge on any atom is 0.179 e. The third kappa shape index (κ3) is 5.20. The highest BCUT2D eigenvalue weighted by Crippen LogP contribution is 1.86. The Kier molecular flexibility index (Phi) is 6.07. The zero-order valence-corrected chi connectivity index (χ0v) is 6.67. The highest BCUT2D eigenvalue weighted by atomic mass is 15.2. The van der Waals surface area contributed by atoms with E-state index in [-0.39, 0.29) is 0 Å². The van der Waals surface area contributed by atoms with Crippen LogP contribution in [0, 0.1) is 22.8 Å². The van der Waals surface area contributed by atoms with Crippen LogP contribution >= 0.6 is 0 Å². The topological polar surface area (TPSA) is 62.9 Å². The molecule has 0 atom stereocenters. The summed E-state index contributed by atoms with van der Waals surface area (Å²) < 4.78 is 0. The lowest BCUT2D eigenvalue weighted by Crippen LogP contribution is -2.40. The predicted octanol–water partition coefficient (Wildman–Crippen LogP) is -0.0974. The van der Waals surface area contributed by atoms with Gasteiger partial charge in [-0.15, -0.1) is 0 Å². The Bertz CT molecular complexity index is 158. The van der Waals surface area contributed by atoms with Crippen molar-refractivity contribution in [1.82, 2.24) is 10.2 Å². The molecule has 0 saturated carbocycles. The molecule has 0 aromatic heterocycles. The lowest BCUT2D eigenvalue weighted by molar-refractivity contribution is 0.337. The van der Waals surface area contributed by atoms with E-state index in [1.54, 1.807) is 11.0 Å². The van der Waals surface area contributed by atoms with Gasteiger partial charge in [-0.2, -0.15) is 10.5 Å². The minimum absolute atomic E-state index is 0.872. The minimum Gasteiger partial charge on any atom is -0.313 e. The Hall–Kier alpha value is -1.26. The van der Waals surface area contributed by atoms with Gasteiger partial charge in [-0.05, 0) is 0 Å². The number of piperazine rings is 1. The number of hydrogen-bond donors (Lipinski definition) is 1. The van der Waals surface area contributed by atoms with E-state index in [0.29, 0.717) is 0 Å². The molecule has 4 nitrogen and oxygen atoms in total. The Balaban J connectivity index is 0.000000292. The normalized spacial score (nSPS) is 15.4. The van der Waals surface area contributed by atoms with Gasteiger partial charge in [0.15, 0.2) is 6.19 Å². The molecule has 0 spiro atoms. The molecule has 1 saturated heterocycles. The van der Waals surface area contributed by atoms with Gasteiger partial charge in [0.05, 0.1) is 6.07 Å². The number of nitrogens with one attached hydrogen (secondary N) is 1. The second kappa shape index (κ2) is 6.85. The molecular formula is C7H12N4. The SMILES string of the molecule is CC#N.N#CN1CCNCC1. The molecule has 4 heteroatoms. The van der Waals surface area contributed by atoms with Crippen molar-refractivity contribution in [2.45, 2.75) is 6.92 Å². The fraction of sp³-hybridized carbons (Fsp3) is 0.714. The van der Waals surface area contributed by atoms with Crippen molar-refractivity contribution in [3.05, 3.63) is 0 Å². The second-order valence-corrected chi connectivity index (χ2v) is 2.06. The first-order chi connectivity index (χ1) is 5.35. The van der Waals surface area contributed by atoms with Crippen molar-refractivity contribution in [1.29, 1.82) is 10.5 Å². The molecule has 0 aliphatic carbocycles. The first-order valence-corrected chi connectivity index (χ1v) is 3.51. The fourth-order valence-electron chi connectivity index (χ4n) is 0.765. The number of hydrogen-bond acceptors (Lipinski definition) is 4. The average molecular weight is 152 g/mol. The molecule has 1 N–H and O–H groups in total. The summed E-state index contributed by atoms with van der Waals surface area (Å²) in [6, 6.07) is 1.75. The summed E-state index contributed by atoms with van der Waals surface area (Å²) in [4.78, 5) is 1.76. The maximum absolute atomic E-state index is 8.34. The standard InChI is InChI=1S/C5H9N3.C2H3N/c6-5-8-3-1-7-2-4-8;1-2-3/h7H,1-4H2;1H3. The van der Waals surface area contributed by atoms with Gasteiger partial charge in [0.2, 0.25) is 0 Å². The molecule has 0 radical (unpaired) electrons. The van der Waals surface area contributed by atoms with E-state index in [4.69, 9.17) is 10.5 Å². The van der Waals surface area contributed by atoms with Crippen molar-refractivity contribution >= 4 is 0 Å². The Morgan fingerprint density at radius 2 is 1.73 bits per heavy atom. The van der Waals surface area contributed by atoms with Gasteiger partial charge in [-0.1, -0.05) is 0 Å². The summed E-state index contributed by atoms with van der Waals surface area (Å²) in [6.45, 7) is 5.08. The Morgan fingerprint density at radius 3 is 2.00 bits per heavy atom. The van der Waals surface area contributed by atoms with Crippen LogP contribution in [0.25, 0.3) is 0 Å². The van der Waals surface area contributed by atoms with E-state index < -0.39 is 0 Å². The second-order valence-electron chi connectivity index (χ2n) is 2.06. The van der Waals surface area contributed by atoms with Gasteiger partial charge < -0.3 is 10.2 Å². The lowest BCUT2D eigenvalue weighted by Gasteiger charge is -2.20. The molecular weight excluding hydrogens is 140 g/mol. The molecule has 60 valence electrons. The zero-order chi connectivity index (χ0) is 8.53. The Labute approximate surface area is 67.0 Å². The molecule has 1 rings (SSSR count). The van der Waals surface area contributed by atoms with E-state index in [2.05, 4.69) is 11.5 Å². The van der Waals surface area contributed by atoms with Gasteiger partial charge in [0.25, 0.3) is 0 Å². The van der Waals surface area contributed by atoms with Crippen LogP contribution in [0.2, 0.25) is 0 Å². The molecule has 1 aliphatic rings. The van der Waals surface area contributed by atoms with Crippen LogP contribution in [0.15, 0.2) is 0 Å². The molecule has 0 unspecified atom stereocenters. The molecule has 0 bridgehead atoms. The highest BCUT2D eigenvalue weighted by molar-refractivity contribution is 4.78. The monoisotopic (exact) mass is 152 g/mol. The highest BCUT2D eigenvalue weighted by Gasteiger charge is 2.04. The lowest BCUT2D eigenvalue weighted by atomic mass is 10.4. The smallest absolute Gasteiger partial charge is 0.179 e. The molecule has 1 heterocycles. The summed E-state index contributed by atoms with van der Waals surface area (Å²) in [6.07, 6.45) is 2.10.